The number of nitrogens with zero attached hydrogens (tertiary/aromatic N) is 1. The maximum Gasteiger partial charge on any atom is 0.308 e. The first-order valence-corrected chi connectivity index (χ1v) is 9.85. The standard InChI is InChI=1S/C14H25NO4Si/c1-8(13(18)19)11-10(9(2)16)12(17)15(11)20(6,7)14(3,4)5/h8,10-11H,1-7H3,(H,18,19)/t8-,10-,11+/m1/s1. The van der Waals surface area contributed by atoms with Gasteiger partial charge in [-0.1, -0.05) is 33.9 Å². The van der Waals surface area contributed by atoms with E-state index in [1.165, 1.54) is 6.92 Å². The molecule has 1 N–H and O–H groups in total. The molecule has 0 aromatic carbocycles. The number of hydrogen-bond donors (Lipinski definition) is 1. The minimum atomic E-state index is -2.18. The zero-order valence-electron chi connectivity index (χ0n) is 13.4. The van der Waals surface area contributed by atoms with Crippen molar-refractivity contribution < 1.29 is 19.5 Å². The molecular weight excluding hydrogens is 274 g/mol. The van der Waals surface area contributed by atoms with Crippen LogP contribution in [0.2, 0.25) is 18.1 Å². The first kappa shape index (κ1) is 16.9. The van der Waals surface area contributed by atoms with Crippen LogP contribution in [0.15, 0.2) is 0 Å². The summed E-state index contributed by atoms with van der Waals surface area (Å²) in [5.41, 5.74) is 0. The second-order valence-electron chi connectivity index (χ2n) is 7.22. The molecule has 1 fully saturated rings. The van der Waals surface area contributed by atoms with E-state index in [-0.39, 0.29) is 16.7 Å². The first-order chi connectivity index (χ1) is 8.84. The van der Waals surface area contributed by atoms with E-state index in [9.17, 15) is 19.5 Å². The van der Waals surface area contributed by atoms with E-state index in [4.69, 9.17) is 0 Å². The SMILES string of the molecule is CC(=O)[C@H]1C(=O)N([Si](C)(C)C(C)(C)C)[C@H]1[C@@H](C)C(=O)O. The normalized spacial score (nSPS) is 25.1. The van der Waals surface area contributed by atoms with Crippen LogP contribution in [-0.2, 0) is 14.4 Å². The van der Waals surface area contributed by atoms with E-state index >= 15 is 0 Å². The molecule has 1 rings (SSSR count). The number of aliphatic carboxylic acids is 1. The molecule has 1 heterocycles. The number of hydrogen-bond acceptors (Lipinski definition) is 3. The Bertz CT molecular complexity index is 453. The van der Waals surface area contributed by atoms with Crippen molar-refractivity contribution >= 4 is 25.9 Å². The van der Waals surface area contributed by atoms with Gasteiger partial charge in [0.05, 0.1) is 12.0 Å². The van der Waals surface area contributed by atoms with Gasteiger partial charge < -0.3 is 9.67 Å². The number of carbonyl (C=O) groups is 3. The Balaban J connectivity index is 3.22. The largest absolute Gasteiger partial charge is 0.481 e. The lowest BCUT2D eigenvalue weighted by Crippen LogP contribution is -2.76. The monoisotopic (exact) mass is 299 g/mol. The highest BCUT2D eigenvalue weighted by Crippen LogP contribution is 2.46. The van der Waals surface area contributed by atoms with E-state index in [2.05, 4.69) is 33.9 Å². The fourth-order valence-electron chi connectivity index (χ4n) is 2.59. The van der Waals surface area contributed by atoms with Gasteiger partial charge in [-0.2, -0.15) is 0 Å². The van der Waals surface area contributed by atoms with Crippen LogP contribution in [0.4, 0.5) is 0 Å². The van der Waals surface area contributed by atoms with Gasteiger partial charge in [-0.05, 0) is 18.9 Å². The molecule has 1 saturated heterocycles. The molecule has 114 valence electrons. The molecular formula is C14H25NO4Si. The molecule has 5 nitrogen and oxygen atoms in total. The number of carboxylic acid groups (broad SMARTS) is 1. The Kier molecular flexibility index (Phi) is 4.21. The Morgan fingerprint density at radius 2 is 1.75 bits per heavy atom. The minimum Gasteiger partial charge on any atom is -0.481 e. The van der Waals surface area contributed by atoms with E-state index in [1.807, 2.05) is 0 Å². The number of rotatable bonds is 4. The minimum absolute atomic E-state index is 0.0824. The van der Waals surface area contributed by atoms with Crippen LogP contribution in [0.5, 0.6) is 0 Å². The summed E-state index contributed by atoms with van der Waals surface area (Å²) in [4.78, 5) is 35.3. The number of carboxylic acids is 1. The van der Waals surface area contributed by atoms with E-state index in [0.717, 1.165) is 0 Å². The van der Waals surface area contributed by atoms with Gasteiger partial charge in [-0.15, -0.1) is 0 Å². The van der Waals surface area contributed by atoms with Crippen LogP contribution < -0.4 is 0 Å². The molecule has 0 unspecified atom stereocenters. The molecule has 0 aliphatic carbocycles. The van der Waals surface area contributed by atoms with Crippen molar-refractivity contribution in [2.75, 3.05) is 0 Å². The number of β-lactam (4-membered cyclic amide) rings is 1. The Morgan fingerprint density at radius 1 is 1.30 bits per heavy atom. The molecule has 6 heteroatoms. The smallest absolute Gasteiger partial charge is 0.308 e. The number of amides is 1. The third kappa shape index (κ3) is 2.41. The molecule has 0 bridgehead atoms. The van der Waals surface area contributed by atoms with Crippen LogP contribution in [0, 0.1) is 11.8 Å². The Morgan fingerprint density at radius 3 is 2.05 bits per heavy atom. The predicted molar refractivity (Wildman–Crippen MR) is 78.8 cm³/mol. The molecule has 3 atom stereocenters. The van der Waals surface area contributed by atoms with Crippen LogP contribution in [0.25, 0.3) is 0 Å². The second kappa shape index (κ2) is 4.98. The Hall–Kier alpha value is -1.17. The quantitative estimate of drug-likeness (QED) is 0.490. The Labute approximate surface area is 121 Å². The van der Waals surface area contributed by atoms with Gasteiger partial charge in [0.1, 0.15) is 11.7 Å². The maximum absolute atomic E-state index is 12.4. The van der Waals surface area contributed by atoms with Gasteiger partial charge in [-0.3, -0.25) is 14.4 Å². The van der Waals surface area contributed by atoms with E-state index in [1.54, 1.807) is 11.5 Å². The molecule has 1 aliphatic rings. The summed E-state index contributed by atoms with van der Waals surface area (Å²) in [6.45, 7) is 13.3. The maximum atomic E-state index is 12.4. The van der Waals surface area contributed by atoms with Gasteiger partial charge in [0.25, 0.3) is 0 Å². The first-order valence-electron chi connectivity index (χ1n) is 6.90. The van der Waals surface area contributed by atoms with Gasteiger partial charge in [0.15, 0.2) is 8.24 Å². The fourth-order valence-corrected chi connectivity index (χ4v) is 5.12. The fraction of sp³-hybridized carbons (Fsp3) is 0.786. The summed E-state index contributed by atoms with van der Waals surface area (Å²) in [7, 11) is -2.18. The van der Waals surface area contributed by atoms with Crippen molar-refractivity contribution in [2.45, 2.75) is 58.8 Å². The number of ketones is 1. The van der Waals surface area contributed by atoms with Crippen LogP contribution in [0.1, 0.15) is 34.6 Å². The zero-order chi connectivity index (χ0) is 16.0. The van der Waals surface area contributed by atoms with Crippen molar-refractivity contribution in [1.82, 2.24) is 4.57 Å². The highest BCUT2D eigenvalue weighted by Gasteiger charge is 2.61. The van der Waals surface area contributed by atoms with Gasteiger partial charge >= 0.3 is 5.97 Å². The summed E-state index contributed by atoms with van der Waals surface area (Å²) < 4.78 is 1.73. The van der Waals surface area contributed by atoms with Crippen molar-refractivity contribution in [3.05, 3.63) is 0 Å². The topological polar surface area (TPSA) is 74.7 Å². The van der Waals surface area contributed by atoms with Crippen molar-refractivity contribution in [3.8, 4) is 0 Å². The summed E-state index contributed by atoms with van der Waals surface area (Å²) in [5, 5.41) is 9.17. The van der Waals surface area contributed by atoms with Gasteiger partial charge in [0, 0.05) is 0 Å². The molecule has 0 aromatic rings. The number of Topliss-reactive ketones (excluding diaryl/α,β-unsaturated/α-hetero) is 1. The van der Waals surface area contributed by atoms with Crippen LogP contribution in [0.3, 0.4) is 0 Å². The summed E-state index contributed by atoms with van der Waals surface area (Å²) in [6.07, 6.45) is 0. The van der Waals surface area contributed by atoms with E-state index < -0.39 is 32.1 Å². The third-order valence-electron chi connectivity index (χ3n) is 4.92. The molecule has 0 spiro atoms. The van der Waals surface area contributed by atoms with Gasteiger partial charge in [-0.25, -0.2) is 0 Å². The average Bonchev–Trinajstić information content (AvgIpc) is 2.21. The molecule has 1 aliphatic heterocycles. The average molecular weight is 299 g/mol. The summed E-state index contributed by atoms with van der Waals surface area (Å²) in [6, 6.07) is -0.501. The van der Waals surface area contributed by atoms with Crippen LogP contribution in [-0.4, -0.2) is 41.6 Å². The molecule has 20 heavy (non-hydrogen) atoms. The summed E-state index contributed by atoms with van der Waals surface area (Å²) >= 11 is 0. The van der Waals surface area contributed by atoms with Crippen molar-refractivity contribution in [3.63, 3.8) is 0 Å². The van der Waals surface area contributed by atoms with Crippen LogP contribution >= 0.6 is 0 Å². The second-order valence-corrected chi connectivity index (χ2v) is 12.3. The van der Waals surface area contributed by atoms with Gasteiger partial charge in [0.2, 0.25) is 5.91 Å². The predicted octanol–water partition coefficient (Wildman–Crippen LogP) is 2.13. The lowest BCUT2D eigenvalue weighted by Gasteiger charge is -2.58. The van der Waals surface area contributed by atoms with E-state index in [0.29, 0.717) is 0 Å². The highest BCUT2D eigenvalue weighted by molar-refractivity contribution is 6.80. The lowest BCUT2D eigenvalue weighted by molar-refractivity contribution is -0.161. The third-order valence-corrected chi connectivity index (χ3v) is 10.3. The molecule has 1 amide bonds. The lowest BCUT2D eigenvalue weighted by atomic mass is 9.79. The highest BCUT2D eigenvalue weighted by atomic mass is 28.3. The van der Waals surface area contributed by atoms with Crippen molar-refractivity contribution in [1.29, 1.82) is 0 Å². The summed E-state index contributed by atoms with van der Waals surface area (Å²) in [5.74, 6) is -2.89. The molecule has 0 radical (unpaired) electrons. The number of carbonyl (C=O) groups excluding carboxylic acids is 2. The zero-order valence-corrected chi connectivity index (χ0v) is 14.4. The molecule has 0 saturated carbocycles. The molecule has 0 aromatic heterocycles. The van der Waals surface area contributed by atoms with Crippen molar-refractivity contribution in [2.24, 2.45) is 11.8 Å².